The van der Waals surface area contributed by atoms with Crippen LogP contribution in [-0.4, -0.2) is 12.1 Å². The lowest BCUT2D eigenvalue weighted by molar-refractivity contribution is 0.0951. The van der Waals surface area contributed by atoms with Gasteiger partial charge in [-0.15, -0.1) is 0 Å². The first-order valence-corrected chi connectivity index (χ1v) is 11.2. The first-order chi connectivity index (χ1) is 15.3. The van der Waals surface area contributed by atoms with Gasteiger partial charge in [-0.2, -0.15) is 10.4 Å². The van der Waals surface area contributed by atoms with Crippen LogP contribution < -0.4 is 10.2 Å². The molecule has 0 fully saturated rings. The van der Waals surface area contributed by atoms with Crippen LogP contribution in [0, 0.1) is 17.1 Å². The maximum absolute atomic E-state index is 13.9. The minimum absolute atomic E-state index is 0.124. The Balaban J connectivity index is 1.66. The second-order valence-electron chi connectivity index (χ2n) is 6.36. The Bertz CT molecular complexity index is 1240. The van der Waals surface area contributed by atoms with E-state index in [0.717, 1.165) is 11.6 Å². The fourth-order valence-corrected chi connectivity index (χ4v) is 4.34. The standard InChI is InChI=1S/C22H12Br2Cl2FN3O2/c23-16-5-14(10-29-30-22(31)15-3-1-12(9-28)8-20(15)27)6-17(24)21(16)32-11-13-2-4-18(25)19(26)7-13/h1-8,10H,11H2,(H,30,31)/b29-10-. The highest BCUT2D eigenvalue weighted by atomic mass is 79.9. The molecule has 3 aromatic carbocycles. The second kappa shape index (κ2) is 10.9. The number of nitriles is 1. The van der Waals surface area contributed by atoms with E-state index in [1.54, 1.807) is 30.3 Å². The third-order valence-electron chi connectivity index (χ3n) is 4.11. The third kappa shape index (κ3) is 6.08. The monoisotopic (exact) mass is 597 g/mol. The van der Waals surface area contributed by atoms with Gasteiger partial charge in [-0.25, -0.2) is 9.82 Å². The Morgan fingerprint density at radius 2 is 1.84 bits per heavy atom. The number of carbonyl (C=O) groups excluding carboxylic acids is 1. The van der Waals surface area contributed by atoms with Crippen LogP contribution >= 0.6 is 55.1 Å². The molecule has 0 aliphatic rings. The van der Waals surface area contributed by atoms with Crippen molar-refractivity contribution in [3.8, 4) is 11.8 Å². The van der Waals surface area contributed by atoms with Crippen molar-refractivity contribution in [1.82, 2.24) is 5.43 Å². The molecular formula is C22H12Br2Cl2FN3O2. The molecule has 0 saturated heterocycles. The molecule has 162 valence electrons. The van der Waals surface area contributed by atoms with E-state index in [1.807, 2.05) is 6.07 Å². The van der Waals surface area contributed by atoms with E-state index in [9.17, 15) is 9.18 Å². The number of hydrogen-bond acceptors (Lipinski definition) is 4. The molecule has 0 spiro atoms. The molecule has 0 unspecified atom stereocenters. The molecule has 0 saturated carbocycles. The highest BCUT2D eigenvalue weighted by molar-refractivity contribution is 9.11. The molecule has 0 aliphatic heterocycles. The quantitative estimate of drug-likeness (QED) is 0.248. The summed E-state index contributed by atoms with van der Waals surface area (Å²) in [5.74, 6) is -0.967. The summed E-state index contributed by atoms with van der Waals surface area (Å²) in [5, 5.41) is 13.5. The Morgan fingerprint density at radius 3 is 2.47 bits per heavy atom. The number of ether oxygens (including phenoxy) is 1. The maximum Gasteiger partial charge on any atom is 0.274 e. The third-order valence-corrected chi connectivity index (χ3v) is 6.03. The number of carbonyl (C=O) groups is 1. The normalized spacial score (nSPS) is 10.8. The molecule has 1 N–H and O–H groups in total. The fourth-order valence-electron chi connectivity index (χ4n) is 2.57. The van der Waals surface area contributed by atoms with Gasteiger partial charge in [0, 0.05) is 0 Å². The zero-order valence-electron chi connectivity index (χ0n) is 16.0. The lowest BCUT2D eigenvalue weighted by atomic mass is 10.1. The number of benzene rings is 3. The molecule has 32 heavy (non-hydrogen) atoms. The van der Waals surface area contributed by atoms with Crippen LogP contribution in [0.2, 0.25) is 10.0 Å². The van der Waals surface area contributed by atoms with Gasteiger partial charge in [-0.1, -0.05) is 29.3 Å². The van der Waals surface area contributed by atoms with E-state index in [1.165, 1.54) is 18.3 Å². The van der Waals surface area contributed by atoms with Crippen LogP contribution in [0.3, 0.4) is 0 Å². The van der Waals surface area contributed by atoms with Crippen LogP contribution in [0.5, 0.6) is 5.75 Å². The fraction of sp³-hybridized carbons (Fsp3) is 0.0455. The van der Waals surface area contributed by atoms with E-state index < -0.39 is 11.7 Å². The number of hydrazone groups is 1. The average molecular weight is 600 g/mol. The Labute approximate surface area is 210 Å². The molecule has 3 aromatic rings. The molecule has 0 radical (unpaired) electrons. The van der Waals surface area contributed by atoms with E-state index in [4.69, 9.17) is 33.2 Å². The minimum atomic E-state index is -0.800. The second-order valence-corrected chi connectivity index (χ2v) is 8.88. The highest BCUT2D eigenvalue weighted by Crippen LogP contribution is 2.35. The molecular weight excluding hydrogens is 588 g/mol. The predicted molar refractivity (Wildman–Crippen MR) is 129 cm³/mol. The van der Waals surface area contributed by atoms with Crippen molar-refractivity contribution in [2.45, 2.75) is 6.61 Å². The van der Waals surface area contributed by atoms with Gasteiger partial charge >= 0.3 is 0 Å². The summed E-state index contributed by atoms with van der Waals surface area (Å²) in [6.07, 6.45) is 1.40. The first kappa shape index (κ1) is 24.2. The molecule has 10 heteroatoms. The summed E-state index contributed by atoms with van der Waals surface area (Å²) < 4.78 is 21.1. The summed E-state index contributed by atoms with van der Waals surface area (Å²) >= 11 is 18.9. The zero-order valence-corrected chi connectivity index (χ0v) is 20.7. The molecule has 0 aromatic heterocycles. The maximum atomic E-state index is 13.9. The van der Waals surface area contributed by atoms with Gasteiger partial charge in [0.25, 0.3) is 5.91 Å². The molecule has 3 rings (SSSR count). The van der Waals surface area contributed by atoms with E-state index in [0.29, 0.717) is 30.3 Å². The van der Waals surface area contributed by atoms with E-state index in [-0.39, 0.29) is 17.7 Å². The van der Waals surface area contributed by atoms with Crippen molar-refractivity contribution in [3.05, 3.63) is 95.6 Å². The lowest BCUT2D eigenvalue weighted by Crippen LogP contribution is -2.19. The van der Waals surface area contributed by atoms with E-state index in [2.05, 4.69) is 42.4 Å². The predicted octanol–water partition coefficient (Wildman–Crippen LogP) is 6.87. The summed E-state index contributed by atoms with van der Waals surface area (Å²) in [7, 11) is 0. The minimum Gasteiger partial charge on any atom is -0.487 e. The van der Waals surface area contributed by atoms with Crippen molar-refractivity contribution in [2.75, 3.05) is 0 Å². The number of nitrogens with zero attached hydrogens (tertiary/aromatic N) is 2. The highest BCUT2D eigenvalue weighted by Gasteiger charge is 2.12. The first-order valence-electron chi connectivity index (χ1n) is 8.87. The van der Waals surface area contributed by atoms with Gasteiger partial charge in [-0.05, 0) is 85.5 Å². The van der Waals surface area contributed by atoms with Gasteiger partial charge < -0.3 is 4.74 Å². The topological polar surface area (TPSA) is 74.5 Å². The summed E-state index contributed by atoms with van der Waals surface area (Å²) in [4.78, 5) is 12.1. The van der Waals surface area contributed by atoms with Crippen LogP contribution in [0.4, 0.5) is 4.39 Å². The number of rotatable bonds is 6. The molecule has 5 nitrogen and oxygen atoms in total. The molecule has 0 bridgehead atoms. The molecule has 0 atom stereocenters. The van der Waals surface area contributed by atoms with Crippen molar-refractivity contribution in [1.29, 1.82) is 5.26 Å². The smallest absolute Gasteiger partial charge is 0.274 e. The van der Waals surface area contributed by atoms with Crippen molar-refractivity contribution in [3.63, 3.8) is 0 Å². The van der Waals surface area contributed by atoms with Gasteiger partial charge in [0.05, 0.1) is 42.4 Å². The number of hydrogen-bond donors (Lipinski definition) is 1. The van der Waals surface area contributed by atoms with Gasteiger partial charge in [0.1, 0.15) is 18.2 Å². The van der Waals surface area contributed by atoms with Gasteiger partial charge in [-0.3, -0.25) is 4.79 Å². The average Bonchev–Trinajstić information content (AvgIpc) is 2.75. The number of halogens is 5. The molecule has 0 aliphatic carbocycles. The van der Waals surface area contributed by atoms with Crippen LogP contribution in [0.15, 0.2) is 62.6 Å². The van der Waals surface area contributed by atoms with Crippen LogP contribution in [0.1, 0.15) is 27.0 Å². The van der Waals surface area contributed by atoms with Crippen molar-refractivity contribution in [2.24, 2.45) is 5.10 Å². The Hall–Kier alpha value is -2.44. The lowest BCUT2D eigenvalue weighted by Gasteiger charge is -2.12. The summed E-state index contributed by atoms with van der Waals surface area (Å²) in [6.45, 7) is 0.272. The largest absolute Gasteiger partial charge is 0.487 e. The van der Waals surface area contributed by atoms with Gasteiger partial charge in [0.15, 0.2) is 0 Å². The zero-order chi connectivity index (χ0) is 23.3. The Kier molecular flexibility index (Phi) is 8.26. The van der Waals surface area contributed by atoms with Gasteiger partial charge in [0.2, 0.25) is 0 Å². The Morgan fingerprint density at radius 1 is 1.12 bits per heavy atom. The van der Waals surface area contributed by atoms with Crippen molar-refractivity contribution >= 4 is 67.2 Å². The number of nitrogens with one attached hydrogen (secondary N) is 1. The number of amides is 1. The van der Waals surface area contributed by atoms with E-state index >= 15 is 0 Å². The van der Waals surface area contributed by atoms with Crippen LogP contribution in [-0.2, 0) is 6.61 Å². The van der Waals surface area contributed by atoms with Crippen LogP contribution in [0.25, 0.3) is 0 Å². The van der Waals surface area contributed by atoms with Crippen molar-refractivity contribution < 1.29 is 13.9 Å². The SMILES string of the molecule is N#Cc1ccc(C(=O)N/N=C\c2cc(Br)c(OCc3ccc(Cl)c(Cl)c3)c(Br)c2)c(F)c1. The molecule has 1 amide bonds. The molecule has 0 heterocycles. The summed E-state index contributed by atoms with van der Waals surface area (Å²) in [6, 6.07) is 14.1. The summed E-state index contributed by atoms with van der Waals surface area (Å²) in [5.41, 5.74) is 3.66.